The topological polar surface area (TPSA) is 55.1 Å². The molecule has 0 rings (SSSR count). The van der Waals surface area contributed by atoms with E-state index in [0.29, 0.717) is 5.75 Å². The summed E-state index contributed by atoms with van der Waals surface area (Å²) in [4.78, 5) is 10.4. The monoisotopic (exact) mass is 160 g/mol. The summed E-state index contributed by atoms with van der Waals surface area (Å²) >= 11 is 3.93. The van der Waals surface area contributed by atoms with Gasteiger partial charge in [0.05, 0.1) is 0 Å². The predicted molar refractivity (Wildman–Crippen MR) is 44.8 cm³/mol. The maximum Gasteiger partial charge on any atom is 0.239 e. The first-order valence-corrected chi connectivity index (χ1v) is 3.63. The quantitative estimate of drug-likeness (QED) is 0.503. The van der Waals surface area contributed by atoms with Crippen molar-refractivity contribution in [1.82, 2.24) is 5.32 Å². The number of rotatable bonds is 4. The first-order chi connectivity index (χ1) is 4.68. The van der Waals surface area contributed by atoms with Gasteiger partial charge in [-0.15, -0.1) is 0 Å². The molecule has 0 fully saturated rings. The Hall–Kier alpha value is -0.640. The van der Waals surface area contributed by atoms with Gasteiger partial charge >= 0.3 is 0 Å². The number of nitrogens with two attached hydrogens (primary N) is 1. The Bertz CT molecular complexity index is 136. The molecule has 0 heterocycles. The molecule has 3 nitrogen and oxygen atoms in total. The molecule has 0 radical (unpaired) electrons. The predicted octanol–water partition coefficient (Wildman–Crippen LogP) is -0.107. The normalized spacial score (nSPS) is 13.4. The molecule has 0 spiro atoms. The number of primary amides is 1. The van der Waals surface area contributed by atoms with E-state index < -0.39 is 0 Å². The number of hydrogen-bond donors (Lipinski definition) is 3. The van der Waals surface area contributed by atoms with Gasteiger partial charge in [-0.2, -0.15) is 12.6 Å². The lowest BCUT2D eigenvalue weighted by atomic mass is 10.3. The zero-order valence-corrected chi connectivity index (χ0v) is 6.77. The van der Waals surface area contributed by atoms with E-state index in [-0.39, 0.29) is 11.9 Å². The second kappa shape index (κ2) is 5.17. The Kier molecular flexibility index (Phi) is 4.84. The van der Waals surface area contributed by atoms with Crippen LogP contribution >= 0.6 is 12.6 Å². The lowest BCUT2D eigenvalue weighted by Crippen LogP contribution is -2.35. The van der Waals surface area contributed by atoms with Gasteiger partial charge in [0.15, 0.2) is 0 Å². The molecule has 0 aromatic carbocycles. The van der Waals surface area contributed by atoms with E-state index >= 15 is 0 Å². The van der Waals surface area contributed by atoms with Crippen LogP contribution in [0.5, 0.6) is 0 Å². The number of thiol groups is 1. The van der Waals surface area contributed by atoms with Gasteiger partial charge in [-0.1, -0.05) is 6.08 Å². The van der Waals surface area contributed by atoms with Crippen LogP contribution < -0.4 is 11.1 Å². The third kappa shape index (κ3) is 4.26. The zero-order valence-electron chi connectivity index (χ0n) is 5.87. The maximum atomic E-state index is 10.4. The highest BCUT2D eigenvalue weighted by Crippen LogP contribution is 1.79. The van der Waals surface area contributed by atoms with Crippen LogP contribution in [-0.2, 0) is 4.79 Å². The van der Waals surface area contributed by atoms with Crippen molar-refractivity contribution in [2.45, 2.75) is 13.0 Å². The summed E-state index contributed by atoms with van der Waals surface area (Å²) in [5.41, 5.74) is 4.96. The molecule has 0 aliphatic heterocycles. The van der Waals surface area contributed by atoms with Gasteiger partial charge in [-0.3, -0.25) is 4.79 Å². The van der Waals surface area contributed by atoms with Crippen LogP contribution in [0.2, 0.25) is 0 Å². The van der Waals surface area contributed by atoms with Crippen molar-refractivity contribution >= 4 is 18.5 Å². The van der Waals surface area contributed by atoms with E-state index in [1.54, 1.807) is 19.2 Å². The summed E-state index contributed by atoms with van der Waals surface area (Å²) < 4.78 is 0. The minimum absolute atomic E-state index is 0.309. The number of nitrogens with one attached hydrogen (secondary N) is 1. The van der Waals surface area contributed by atoms with Crippen molar-refractivity contribution in [3.63, 3.8) is 0 Å². The minimum atomic E-state index is -0.358. The summed E-state index contributed by atoms with van der Waals surface area (Å²) in [5.74, 6) is 0.294. The number of amides is 1. The van der Waals surface area contributed by atoms with Crippen molar-refractivity contribution in [2.24, 2.45) is 5.73 Å². The molecule has 58 valence electrons. The molecular formula is C6H12N2OS. The van der Waals surface area contributed by atoms with Gasteiger partial charge in [-0.25, -0.2) is 0 Å². The molecule has 1 amide bonds. The van der Waals surface area contributed by atoms with Gasteiger partial charge in [0, 0.05) is 5.75 Å². The van der Waals surface area contributed by atoms with Gasteiger partial charge in [0.1, 0.15) is 6.04 Å². The zero-order chi connectivity index (χ0) is 7.98. The van der Waals surface area contributed by atoms with Crippen molar-refractivity contribution in [1.29, 1.82) is 0 Å². The van der Waals surface area contributed by atoms with E-state index in [9.17, 15) is 4.79 Å². The average molecular weight is 160 g/mol. The van der Waals surface area contributed by atoms with Gasteiger partial charge in [0.2, 0.25) is 5.91 Å². The fraction of sp³-hybridized carbons (Fsp3) is 0.500. The van der Waals surface area contributed by atoms with E-state index in [1.807, 2.05) is 0 Å². The van der Waals surface area contributed by atoms with Crippen LogP contribution in [0.3, 0.4) is 0 Å². The Labute approximate surface area is 66.1 Å². The largest absolute Gasteiger partial charge is 0.380 e. The fourth-order valence-corrected chi connectivity index (χ4v) is 0.453. The summed E-state index contributed by atoms with van der Waals surface area (Å²) in [6.45, 7) is 1.70. The van der Waals surface area contributed by atoms with Gasteiger partial charge < -0.3 is 11.1 Å². The summed E-state index contributed by atoms with van der Waals surface area (Å²) in [6, 6.07) is -0.309. The van der Waals surface area contributed by atoms with Crippen LogP contribution in [0.25, 0.3) is 0 Å². The standard InChI is InChI=1S/C6H12N2OS/c1-5(6(7)9)8-3-2-4-10/h2-3,5,8,10H,4H2,1H3,(H2,7,9). The molecule has 0 saturated carbocycles. The first kappa shape index (κ1) is 9.36. The molecular weight excluding hydrogens is 148 g/mol. The van der Waals surface area contributed by atoms with Crippen LogP contribution in [-0.4, -0.2) is 17.7 Å². The van der Waals surface area contributed by atoms with E-state index in [0.717, 1.165) is 0 Å². The summed E-state index contributed by atoms with van der Waals surface area (Å²) in [7, 11) is 0. The van der Waals surface area contributed by atoms with Gasteiger partial charge in [0.25, 0.3) is 0 Å². The van der Waals surface area contributed by atoms with Crippen LogP contribution in [0.15, 0.2) is 12.3 Å². The van der Waals surface area contributed by atoms with E-state index in [4.69, 9.17) is 5.73 Å². The van der Waals surface area contributed by atoms with E-state index in [1.165, 1.54) is 0 Å². The molecule has 0 aromatic rings. The number of carbonyl (C=O) groups is 1. The molecule has 1 unspecified atom stereocenters. The highest BCUT2D eigenvalue weighted by molar-refractivity contribution is 7.80. The number of hydrogen-bond acceptors (Lipinski definition) is 3. The second-order valence-corrected chi connectivity index (χ2v) is 2.24. The average Bonchev–Trinajstić information content (AvgIpc) is 1.88. The second-order valence-electron chi connectivity index (χ2n) is 1.88. The van der Waals surface area contributed by atoms with Crippen LogP contribution in [0, 0.1) is 0 Å². The van der Waals surface area contributed by atoms with Crippen LogP contribution in [0.1, 0.15) is 6.92 Å². The van der Waals surface area contributed by atoms with Crippen molar-refractivity contribution < 1.29 is 4.79 Å². The molecule has 0 aromatic heterocycles. The molecule has 1 atom stereocenters. The summed E-state index contributed by atoms with van der Waals surface area (Å²) in [6.07, 6.45) is 3.46. The Morgan fingerprint density at radius 3 is 2.90 bits per heavy atom. The Morgan fingerprint density at radius 2 is 2.50 bits per heavy atom. The Balaban J connectivity index is 3.48. The molecule has 0 aliphatic carbocycles. The lowest BCUT2D eigenvalue weighted by Gasteiger charge is -2.04. The van der Waals surface area contributed by atoms with Gasteiger partial charge in [-0.05, 0) is 13.1 Å². The molecule has 10 heavy (non-hydrogen) atoms. The maximum absolute atomic E-state index is 10.4. The molecule has 0 saturated heterocycles. The fourth-order valence-electron chi connectivity index (χ4n) is 0.347. The third-order valence-electron chi connectivity index (χ3n) is 0.996. The molecule has 0 aliphatic rings. The van der Waals surface area contributed by atoms with Crippen molar-refractivity contribution in [3.8, 4) is 0 Å². The summed E-state index contributed by atoms with van der Waals surface area (Å²) in [5, 5.41) is 2.78. The first-order valence-electron chi connectivity index (χ1n) is 2.99. The molecule has 0 bridgehead atoms. The SMILES string of the molecule is CC(NC=CCS)C(N)=O. The minimum Gasteiger partial charge on any atom is -0.380 e. The highest BCUT2D eigenvalue weighted by Gasteiger charge is 2.02. The van der Waals surface area contributed by atoms with E-state index in [2.05, 4.69) is 17.9 Å². The number of carbonyl (C=O) groups excluding carboxylic acids is 1. The Morgan fingerprint density at radius 1 is 1.90 bits per heavy atom. The van der Waals surface area contributed by atoms with Crippen LogP contribution in [0.4, 0.5) is 0 Å². The third-order valence-corrected chi connectivity index (χ3v) is 1.21. The highest BCUT2D eigenvalue weighted by atomic mass is 32.1. The smallest absolute Gasteiger partial charge is 0.239 e. The van der Waals surface area contributed by atoms with Crippen molar-refractivity contribution in [3.05, 3.63) is 12.3 Å². The lowest BCUT2D eigenvalue weighted by molar-refractivity contribution is -0.119. The molecule has 4 heteroatoms. The van der Waals surface area contributed by atoms with Crippen molar-refractivity contribution in [2.75, 3.05) is 5.75 Å². The molecule has 3 N–H and O–H groups in total.